The van der Waals surface area contributed by atoms with Crippen molar-refractivity contribution in [1.29, 1.82) is 0 Å². The fourth-order valence-electron chi connectivity index (χ4n) is 2.64. The van der Waals surface area contributed by atoms with Crippen LogP contribution in [-0.4, -0.2) is 46.9 Å². The number of ether oxygens (including phenoxy) is 2. The zero-order valence-corrected chi connectivity index (χ0v) is 13.7. The van der Waals surface area contributed by atoms with Crippen molar-refractivity contribution in [3.63, 3.8) is 0 Å². The molecule has 0 aliphatic carbocycles. The van der Waals surface area contributed by atoms with Crippen molar-refractivity contribution >= 4 is 5.91 Å². The van der Waals surface area contributed by atoms with Crippen LogP contribution in [0.2, 0.25) is 0 Å². The first-order valence-electron chi connectivity index (χ1n) is 7.66. The minimum atomic E-state index is -0.167. The molecule has 0 spiro atoms. The van der Waals surface area contributed by atoms with Gasteiger partial charge >= 0.3 is 0 Å². The summed E-state index contributed by atoms with van der Waals surface area (Å²) in [5, 5.41) is 4.32. The standard InChI is InChI=1S/C17H21N3O3/c1-12-8-13(2)20(18-12)10-17(21)19(3)9-14-11-22-15-6-4-5-7-16(15)23-14/h4-8,14H,9-11H2,1-3H3. The summed E-state index contributed by atoms with van der Waals surface area (Å²) in [7, 11) is 1.78. The van der Waals surface area contributed by atoms with E-state index in [4.69, 9.17) is 9.47 Å². The Labute approximate surface area is 135 Å². The second kappa shape index (κ2) is 6.32. The van der Waals surface area contributed by atoms with Crippen LogP contribution in [0.15, 0.2) is 30.3 Å². The third-order valence-corrected chi connectivity index (χ3v) is 3.86. The third-order valence-electron chi connectivity index (χ3n) is 3.86. The Morgan fingerprint density at radius 2 is 2.09 bits per heavy atom. The molecule has 23 heavy (non-hydrogen) atoms. The molecule has 0 N–H and O–H groups in total. The van der Waals surface area contributed by atoms with E-state index in [1.807, 2.05) is 44.2 Å². The van der Waals surface area contributed by atoms with Crippen molar-refractivity contribution < 1.29 is 14.3 Å². The minimum Gasteiger partial charge on any atom is -0.486 e. The summed E-state index contributed by atoms with van der Waals surface area (Å²) >= 11 is 0. The van der Waals surface area contributed by atoms with E-state index in [9.17, 15) is 4.79 Å². The molecule has 2 aromatic rings. The lowest BCUT2D eigenvalue weighted by Crippen LogP contribution is -2.42. The Bertz CT molecular complexity index is 711. The molecule has 6 nitrogen and oxygen atoms in total. The first kappa shape index (κ1) is 15.4. The molecule has 1 amide bonds. The number of rotatable bonds is 4. The van der Waals surface area contributed by atoms with Crippen molar-refractivity contribution in [1.82, 2.24) is 14.7 Å². The number of carbonyl (C=O) groups excluding carboxylic acids is 1. The zero-order chi connectivity index (χ0) is 16.4. The maximum absolute atomic E-state index is 12.4. The summed E-state index contributed by atoms with van der Waals surface area (Å²) in [4.78, 5) is 14.0. The average Bonchev–Trinajstić information content (AvgIpc) is 2.84. The normalized spacial score (nSPS) is 16.2. The Morgan fingerprint density at radius 1 is 1.35 bits per heavy atom. The third kappa shape index (κ3) is 3.47. The molecule has 122 valence electrons. The smallest absolute Gasteiger partial charge is 0.244 e. The molecule has 1 unspecified atom stereocenters. The highest BCUT2D eigenvalue weighted by Gasteiger charge is 2.24. The summed E-state index contributed by atoms with van der Waals surface area (Å²) in [6.07, 6.45) is -0.167. The molecule has 6 heteroatoms. The maximum atomic E-state index is 12.4. The lowest BCUT2D eigenvalue weighted by molar-refractivity contribution is -0.132. The lowest BCUT2D eigenvalue weighted by atomic mass is 10.2. The van der Waals surface area contributed by atoms with E-state index in [0.717, 1.165) is 22.9 Å². The van der Waals surface area contributed by atoms with E-state index in [1.54, 1.807) is 16.6 Å². The second-order valence-corrected chi connectivity index (χ2v) is 5.86. The number of benzene rings is 1. The van der Waals surface area contributed by atoms with Gasteiger partial charge in [-0.3, -0.25) is 9.48 Å². The van der Waals surface area contributed by atoms with Crippen LogP contribution >= 0.6 is 0 Å². The van der Waals surface area contributed by atoms with Crippen LogP contribution in [0.3, 0.4) is 0 Å². The molecule has 0 bridgehead atoms. The van der Waals surface area contributed by atoms with E-state index < -0.39 is 0 Å². The molecule has 0 fully saturated rings. The molecule has 0 radical (unpaired) electrons. The van der Waals surface area contributed by atoms with Crippen LogP contribution in [-0.2, 0) is 11.3 Å². The first-order chi connectivity index (χ1) is 11.0. The van der Waals surface area contributed by atoms with Gasteiger partial charge in [0.25, 0.3) is 0 Å². The summed E-state index contributed by atoms with van der Waals surface area (Å²) in [6, 6.07) is 9.53. The number of aromatic nitrogens is 2. The minimum absolute atomic E-state index is 0.00124. The SMILES string of the molecule is Cc1cc(C)n(CC(=O)N(C)CC2COc3ccccc3O2)n1. The zero-order valence-electron chi connectivity index (χ0n) is 13.7. The number of likely N-dealkylation sites (N-methyl/N-ethyl adjacent to an activating group) is 1. The van der Waals surface area contributed by atoms with Gasteiger partial charge in [-0.05, 0) is 32.0 Å². The molecule has 1 aromatic heterocycles. The second-order valence-electron chi connectivity index (χ2n) is 5.86. The summed E-state index contributed by atoms with van der Waals surface area (Å²) < 4.78 is 13.3. The number of fused-ring (bicyclic) bond motifs is 1. The van der Waals surface area contributed by atoms with E-state index in [-0.39, 0.29) is 18.6 Å². The van der Waals surface area contributed by atoms with Crippen LogP contribution in [0, 0.1) is 13.8 Å². The van der Waals surface area contributed by atoms with E-state index in [1.165, 1.54) is 0 Å². The fraction of sp³-hybridized carbons (Fsp3) is 0.412. The molecular weight excluding hydrogens is 294 g/mol. The largest absolute Gasteiger partial charge is 0.486 e. The van der Waals surface area contributed by atoms with Crippen LogP contribution in [0.1, 0.15) is 11.4 Å². The monoisotopic (exact) mass is 315 g/mol. The van der Waals surface area contributed by atoms with Gasteiger partial charge in [0.2, 0.25) is 5.91 Å². The Morgan fingerprint density at radius 3 is 2.78 bits per heavy atom. The van der Waals surface area contributed by atoms with Crippen LogP contribution in [0.25, 0.3) is 0 Å². The van der Waals surface area contributed by atoms with Crippen LogP contribution < -0.4 is 9.47 Å². The molecule has 0 saturated carbocycles. The highest BCUT2D eigenvalue weighted by atomic mass is 16.6. The van der Waals surface area contributed by atoms with Crippen LogP contribution in [0.5, 0.6) is 11.5 Å². The molecular formula is C17H21N3O3. The molecule has 1 aliphatic heterocycles. The van der Waals surface area contributed by atoms with E-state index >= 15 is 0 Å². The van der Waals surface area contributed by atoms with Gasteiger partial charge in [0.15, 0.2) is 17.6 Å². The van der Waals surface area contributed by atoms with Gasteiger partial charge < -0.3 is 14.4 Å². The summed E-state index contributed by atoms with van der Waals surface area (Å²) in [5.41, 5.74) is 1.90. The van der Waals surface area contributed by atoms with Crippen molar-refractivity contribution in [2.45, 2.75) is 26.5 Å². The Kier molecular flexibility index (Phi) is 4.23. The quantitative estimate of drug-likeness (QED) is 0.863. The van der Waals surface area contributed by atoms with Gasteiger partial charge in [-0.2, -0.15) is 5.10 Å². The average molecular weight is 315 g/mol. The highest BCUT2D eigenvalue weighted by molar-refractivity contribution is 5.75. The highest BCUT2D eigenvalue weighted by Crippen LogP contribution is 2.30. The molecule has 0 saturated heterocycles. The lowest BCUT2D eigenvalue weighted by Gasteiger charge is -2.29. The van der Waals surface area contributed by atoms with Crippen LogP contribution in [0.4, 0.5) is 0 Å². The summed E-state index contributed by atoms with van der Waals surface area (Å²) in [5.74, 6) is 1.47. The van der Waals surface area contributed by atoms with Gasteiger partial charge in [-0.1, -0.05) is 12.1 Å². The molecule has 3 rings (SSSR count). The van der Waals surface area contributed by atoms with Gasteiger partial charge in [0.1, 0.15) is 13.2 Å². The summed E-state index contributed by atoms with van der Waals surface area (Å²) in [6.45, 7) is 5.02. The van der Waals surface area contributed by atoms with E-state index in [2.05, 4.69) is 5.10 Å². The predicted molar refractivity (Wildman–Crippen MR) is 85.7 cm³/mol. The molecule has 1 aromatic carbocycles. The van der Waals surface area contributed by atoms with Gasteiger partial charge in [-0.15, -0.1) is 0 Å². The van der Waals surface area contributed by atoms with Crippen molar-refractivity contribution in [3.05, 3.63) is 41.7 Å². The number of nitrogens with zero attached hydrogens (tertiary/aromatic N) is 3. The van der Waals surface area contributed by atoms with Gasteiger partial charge in [0, 0.05) is 12.7 Å². The van der Waals surface area contributed by atoms with Crippen molar-refractivity contribution in [2.24, 2.45) is 0 Å². The number of aryl methyl sites for hydroxylation is 2. The van der Waals surface area contributed by atoms with Crippen molar-refractivity contribution in [3.8, 4) is 11.5 Å². The molecule has 1 aliphatic rings. The Balaban J connectivity index is 1.58. The maximum Gasteiger partial charge on any atom is 0.244 e. The molecule has 1 atom stereocenters. The fourth-order valence-corrected chi connectivity index (χ4v) is 2.64. The van der Waals surface area contributed by atoms with E-state index in [0.29, 0.717) is 13.2 Å². The molecule has 2 heterocycles. The number of amides is 1. The number of hydrogen-bond donors (Lipinski definition) is 0. The number of para-hydroxylation sites is 2. The number of hydrogen-bond acceptors (Lipinski definition) is 4. The predicted octanol–water partition coefficient (Wildman–Crippen LogP) is 1.80. The topological polar surface area (TPSA) is 56.6 Å². The number of carbonyl (C=O) groups is 1. The van der Waals surface area contributed by atoms with Gasteiger partial charge in [-0.25, -0.2) is 0 Å². The van der Waals surface area contributed by atoms with Crippen molar-refractivity contribution in [2.75, 3.05) is 20.2 Å². The Hall–Kier alpha value is -2.50. The first-order valence-corrected chi connectivity index (χ1v) is 7.66. The van der Waals surface area contributed by atoms with Gasteiger partial charge in [0.05, 0.1) is 12.2 Å².